The summed E-state index contributed by atoms with van der Waals surface area (Å²) in [6, 6.07) is 0.341. The Labute approximate surface area is 114 Å². The van der Waals surface area contributed by atoms with Crippen LogP contribution in [0.3, 0.4) is 0 Å². The van der Waals surface area contributed by atoms with Crippen molar-refractivity contribution in [3.05, 3.63) is 18.2 Å². The number of thioether (sulfide) groups is 1. The fraction of sp³-hybridized carbons (Fsp3) is 0.769. The average molecular weight is 268 g/mol. The molecule has 1 aliphatic heterocycles. The molecule has 2 heterocycles. The molecule has 5 heteroatoms. The lowest BCUT2D eigenvalue weighted by molar-refractivity contribution is 0.455. The molecule has 0 aromatic carbocycles. The Hall–Kier alpha value is -0.520. The van der Waals surface area contributed by atoms with Crippen molar-refractivity contribution in [2.75, 3.05) is 5.75 Å². The van der Waals surface area contributed by atoms with Gasteiger partial charge in [-0.05, 0) is 25.0 Å². The summed E-state index contributed by atoms with van der Waals surface area (Å²) < 4.78 is 2.25. The molecule has 2 rings (SSSR count). The number of nitrogens with two attached hydrogens (primary N) is 1. The van der Waals surface area contributed by atoms with Gasteiger partial charge in [-0.25, -0.2) is 4.98 Å². The molecule has 1 aromatic heterocycles. The SMILES string of the molecule is CCCn1ccnc1CC(NN)C1CCCCS1. The zero-order chi connectivity index (χ0) is 12.8. The van der Waals surface area contributed by atoms with Crippen molar-refractivity contribution in [2.45, 2.75) is 56.9 Å². The molecule has 1 fully saturated rings. The number of aryl methyl sites for hydroxylation is 1. The first kappa shape index (κ1) is 13.9. The van der Waals surface area contributed by atoms with Crippen LogP contribution in [-0.4, -0.2) is 26.6 Å². The minimum atomic E-state index is 0.341. The minimum absolute atomic E-state index is 0.341. The van der Waals surface area contributed by atoms with Crippen molar-refractivity contribution >= 4 is 11.8 Å². The Morgan fingerprint density at radius 1 is 1.61 bits per heavy atom. The van der Waals surface area contributed by atoms with Crippen LogP contribution in [0.25, 0.3) is 0 Å². The molecular weight excluding hydrogens is 244 g/mol. The van der Waals surface area contributed by atoms with Crippen LogP contribution in [0, 0.1) is 0 Å². The van der Waals surface area contributed by atoms with Crippen molar-refractivity contribution in [2.24, 2.45) is 5.84 Å². The second-order valence-corrected chi connectivity index (χ2v) is 6.27. The quantitative estimate of drug-likeness (QED) is 0.611. The monoisotopic (exact) mass is 268 g/mol. The van der Waals surface area contributed by atoms with Crippen LogP contribution in [0.5, 0.6) is 0 Å². The van der Waals surface area contributed by atoms with Gasteiger partial charge in [-0.3, -0.25) is 11.3 Å². The van der Waals surface area contributed by atoms with Gasteiger partial charge < -0.3 is 4.57 Å². The Bertz CT molecular complexity index is 347. The summed E-state index contributed by atoms with van der Waals surface area (Å²) in [6.07, 6.45) is 9.99. The summed E-state index contributed by atoms with van der Waals surface area (Å²) in [4.78, 5) is 4.48. The molecular formula is C13H24N4S. The van der Waals surface area contributed by atoms with E-state index in [1.807, 2.05) is 6.20 Å². The molecule has 2 unspecified atom stereocenters. The summed E-state index contributed by atoms with van der Waals surface area (Å²) in [5.74, 6) is 8.17. The van der Waals surface area contributed by atoms with E-state index in [0.29, 0.717) is 11.3 Å². The topological polar surface area (TPSA) is 55.9 Å². The molecule has 0 bridgehead atoms. The Kier molecular flexibility index (Phi) is 5.53. The molecule has 1 saturated heterocycles. The van der Waals surface area contributed by atoms with E-state index >= 15 is 0 Å². The molecule has 0 aliphatic carbocycles. The summed E-state index contributed by atoms with van der Waals surface area (Å²) in [5.41, 5.74) is 3.01. The van der Waals surface area contributed by atoms with E-state index in [4.69, 9.17) is 5.84 Å². The van der Waals surface area contributed by atoms with E-state index in [9.17, 15) is 0 Å². The molecule has 0 radical (unpaired) electrons. The molecule has 3 N–H and O–H groups in total. The van der Waals surface area contributed by atoms with Crippen molar-refractivity contribution in [1.29, 1.82) is 0 Å². The van der Waals surface area contributed by atoms with E-state index < -0.39 is 0 Å². The van der Waals surface area contributed by atoms with Crippen LogP contribution in [0.15, 0.2) is 12.4 Å². The molecule has 102 valence electrons. The molecule has 0 amide bonds. The van der Waals surface area contributed by atoms with Crippen LogP contribution in [0.4, 0.5) is 0 Å². The first-order valence-electron chi connectivity index (χ1n) is 6.93. The summed E-state index contributed by atoms with van der Waals surface area (Å²) in [5, 5.41) is 0.635. The number of hydrogen-bond acceptors (Lipinski definition) is 4. The van der Waals surface area contributed by atoms with Crippen LogP contribution < -0.4 is 11.3 Å². The highest BCUT2D eigenvalue weighted by molar-refractivity contribution is 8.00. The summed E-state index contributed by atoms with van der Waals surface area (Å²) in [6.45, 7) is 3.24. The number of nitrogens with one attached hydrogen (secondary N) is 1. The van der Waals surface area contributed by atoms with E-state index in [1.54, 1.807) is 0 Å². The highest BCUT2D eigenvalue weighted by atomic mass is 32.2. The molecule has 18 heavy (non-hydrogen) atoms. The highest BCUT2D eigenvalue weighted by Crippen LogP contribution is 2.28. The van der Waals surface area contributed by atoms with Crippen LogP contribution in [0.2, 0.25) is 0 Å². The summed E-state index contributed by atoms with van der Waals surface area (Å²) >= 11 is 2.06. The minimum Gasteiger partial charge on any atom is -0.335 e. The average Bonchev–Trinajstić information content (AvgIpc) is 2.85. The van der Waals surface area contributed by atoms with Crippen molar-refractivity contribution in [3.63, 3.8) is 0 Å². The van der Waals surface area contributed by atoms with Gasteiger partial charge in [0.25, 0.3) is 0 Å². The predicted octanol–water partition coefficient (Wildman–Crippen LogP) is 1.95. The Morgan fingerprint density at radius 3 is 3.17 bits per heavy atom. The number of hydrogen-bond donors (Lipinski definition) is 2. The van der Waals surface area contributed by atoms with Gasteiger partial charge in [-0.1, -0.05) is 13.3 Å². The largest absolute Gasteiger partial charge is 0.335 e. The van der Waals surface area contributed by atoms with Crippen molar-refractivity contribution in [3.8, 4) is 0 Å². The van der Waals surface area contributed by atoms with Gasteiger partial charge in [0.2, 0.25) is 0 Å². The number of hydrazine groups is 1. The normalized spacial score (nSPS) is 22.0. The fourth-order valence-corrected chi connectivity index (χ4v) is 3.97. The van der Waals surface area contributed by atoms with Crippen molar-refractivity contribution in [1.82, 2.24) is 15.0 Å². The number of imidazole rings is 1. The molecule has 0 spiro atoms. The summed E-state index contributed by atoms with van der Waals surface area (Å²) in [7, 11) is 0. The molecule has 2 atom stereocenters. The molecule has 1 aliphatic rings. The molecule has 4 nitrogen and oxygen atoms in total. The van der Waals surface area contributed by atoms with Crippen LogP contribution in [0.1, 0.15) is 38.4 Å². The Morgan fingerprint density at radius 2 is 2.50 bits per heavy atom. The smallest absolute Gasteiger partial charge is 0.110 e. The van der Waals surface area contributed by atoms with Crippen molar-refractivity contribution < 1.29 is 0 Å². The Balaban J connectivity index is 1.98. The van der Waals surface area contributed by atoms with Gasteiger partial charge in [0.05, 0.1) is 0 Å². The number of aromatic nitrogens is 2. The zero-order valence-electron chi connectivity index (χ0n) is 11.1. The maximum absolute atomic E-state index is 5.74. The lowest BCUT2D eigenvalue weighted by Crippen LogP contribution is -2.45. The van der Waals surface area contributed by atoms with Crippen LogP contribution >= 0.6 is 11.8 Å². The number of rotatable bonds is 6. The third-order valence-corrected chi connectivity index (χ3v) is 5.06. The van der Waals surface area contributed by atoms with Gasteiger partial charge in [-0.2, -0.15) is 11.8 Å². The maximum atomic E-state index is 5.74. The lowest BCUT2D eigenvalue weighted by Gasteiger charge is -2.29. The fourth-order valence-electron chi connectivity index (χ4n) is 2.55. The van der Waals surface area contributed by atoms with Gasteiger partial charge in [-0.15, -0.1) is 0 Å². The predicted molar refractivity (Wildman–Crippen MR) is 77.4 cm³/mol. The van der Waals surface area contributed by atoms with E-state index in [2.05, 4.69) is 39.9 Å². The number of nitrogens with zero attached hydrogens (tertiary/aromatic N) is 2. The third-order valence-electron chi connectivity index (χ3n) is 3.55. The second kappa shape index (κ2) is 7.16. The van der Waals surface area contributed by atoms with E-state index in [-0.39, 0.29) is 0 Å². The zero-order valence-corrected chi connectivity index (χ0v) is 12.0. The second-order valence-electron chi connectivity index (χ2n) is 4.92. The third kappa shape index (κ3) is 3.49. The first-order chi connectivity index (χ1) is 8.85. The standard InChI is InChI=1S/C13H24N4S/c1-2-7-17-8-6-15-13(17)10-11(16-14)12-5-3-4-9-18-12/h6,8,11-12,16H,2-5,7,9-10,14H2,1H3. The van der Waals surface area contributed by atoms with Gasteiger partial charge >= 0.3 is 0 Å². The van der Waals surface area contributed by atoms with Gasteiger partial charge in [0, 0.05) is 36.7 Å². The first-order valence-corrected chi connectivity index (χ1v) is 7.97. The molecule has 1 aromatic rings. The lowest BCUT2D eigenvalue weighted by atomic mass is 10.0. The van der Waals surface area contributed by atoms with E-state index in [0.717, 1.165) is 25.2 Å². The highest BCUT2D eigenvalue weighted by Gasteiger charge is 2.24. The van der Waals surface area contributed by atoms with Gasteiger partial charge in [0.15, 0.2) is 0 Å². The van der Waals surface area contributed by atoms with E-state index in [1.165, 1.54) is 25.0 Å². The van der Waals surface area contributed by atoms with Crippen LogP contribution in [-0.2, 0) is 13.0 Å². The maximum Gasteiger partial charge on any atom is 0.110 e. The molecule has 0 saturated carbocycles. The van der Waals surface area contributed by atoms with Gasteiger partial charge in [0.1, 0.15) is 5.82 Å².